The number of nitrogens with zero attached hydrogens (tertiary/aromatic N) is 1. The molecule has 0 saturated carbocycles. The van der Waals surface area contributed by atoms with Crippen molar-refractivity contribution in [2.24, 2.45) is 11.7 Å². The minimum atomic E-state index is -0.00523. The fourth-order valence-corrected chi connectivity index (χ4v) is 3.11. The smallest absolute Gasteiger partial charge is 0.258 e. The van der Waals surface area contributed by atoms with Crippen LogP contribution < -0.4 is 15.2 Å². The number of rotatable bonds is 2. The topological polar surface area (TPSA) is 64.8 Å². The number of para-hydroxylation sites is 1. The molecule has 0 aromatic heterocycles. The van der Waals surface area contributed by atoms with Gasteiger partial charge in [-0.2, -0.15) is 0 Å². The molecule has 0 aliphatic carbocycles. The third-order valence-corrected chi connectivity index (χ3v) is 4.25. The standard InChI is InChI=1S/C15H20N2O3/c1-10-4-3-7-17(12(10)8-16)15(18)11-5-2-6-13-14(11)20-9-19-13/h2,5-6,10,12H,3-4,7-9,16H2,1H3. The number of likely N-dealkylation sites (tertiary alicyclic amines) is 1. The van der Waals surface area contributed by atoms with Crippen molar-refractivity contribution in [2.45, 2.75) is 25.8 Å². The van der Waals surface area contributed by atoms with Gasteiger partial charge in [-0.3, -0.25) is 4.79 Å². The van der Waals surface area contributed by atoms with Crippen molar-refractivity contribution < 1.29 is 14.3 Å². The molecule has 2 aliphatic heterocycles. The van der Waals surface area contributed by atoms with Gasteiger partial charge in [0.15, 0.2) is 11.5 Å². The van der Waals surface area contributed by atoms with Gasteiger partial charge in [0.05, 0.1) is 5.56 Å². The molecule has 20 heavy (non-hydrogen) atoms. The molecule has 2 aliphatic rings. The molecular formula is C15H20N2O3. The van der Waals surface area contributed by atoms with Gasteiger partial charge in [0.25, 0.3) is 5.91 Å². The molecule has 1 aromatic carbocycles. The van der Waals surface area contributed by atoms with Crippen LogP contribution in [0.3, 0.4) is 0 Å². The Balaban J connectivity index is 1.90. The van der Waals surface area contributed by atoms with E-state index in [0.29, 0.717) is 29.5 Å². The van der Waals surface area contributed by atoms with E-state index in [0.717, 1.165) is 19.4 Å². The number of benzene rings is 1. The van der Waals surface area contributed by atoms with E-state index < -0.39 is 0 Å². The summed E-state index contributed by atoms with van der Waals surface area (Å²) in [6.45, 7) is 3.59. The van der Waals surface area contributed by atoms with Crippen molar-refractivity contribution in [1.82, 2.24) is 4.90 Å². The van der Waals surface area contributed by atoms with Gasteiger partial charge < -0.3 is 20.1 Å². The quantitative estimate of drug-likeness (QED) is 0.891. The van der Waals surface area contributed by atoms with Gasteiger partial charge in [0, 0.05) is 19.1 Å². The predicted octanol–water partition coefficient (Wildman–Crippen LogP) is 1.61. The number of carbonyl (C=O) groups excluding carboxylic acids is 1. The highest BCUT2D eigenvalue weighted by molar-refractivity contribution is 5.98. The summed E-state index contributed by atoms with van der Waals surface area (Å²) in [4.78, 5) is 14.7. The SMILES string of the molecule is CC1CCCN(C(=O)c2cccc3c2OCO3)C1CN. The predicted molar refractivity (Wildman–Crippen MR) is 74.8 cm³/mol. The van der Waals surface area contributed by atoms with E-state index in [1.807, 2.05) is 17.0 Å². The average molecular weight is 276 g/mol. The molecule has 2 heterocycles. The van der Waals surface area contributed by atoms with Gasteiger partial charge in [-0.25, -0.2) is 0 Å². The number of nitrogens with two attached hydrogens (primary N) is 1. The van der Waals surface area contributed by atoms with Gasteiger partial charge in [-0.15, -0.1) is 0 Å². The first kappa shape index (κ1) is 13.2. The molecule has 0 spiro atoms. The van der Waals surface area contributed by atoms with Crippen LogP contribution in [0, 0.1) is 5.92 Å². The minimum absolute atomic E-state index is 0.00523. The second-order valence-electron chi connectivity index (χ2n) is 5.46. The van der Waals surface area contributed by atoms with E-state index in [1.165, 1.54) is 0 Å². The molecule has 2 N–H and O–H groups in total. The summed E-state index contributed by atoms with van der Waals surface area (Å²) in [5.74, 6) is 1.64. The number of carbonyl (C=O) groups is 1. The van der Waals surface area contributed by atoms with Crippen LogP contribution in [0.25, 0.3) is 0 Å². The molecule has 3 rings (SSSR count). The number of hydrogen-bond acceptors (Lipinski definition) is 4. The third kappa shape index (κ3) is 2.12. The minimum Gasteiger partial charge on any atom is -0.454 e. The molecule has 1 fully saturated rings. The number of piperidine rings is 1. The molecule has 108 valence electrons. The third-order valence-electron chi connectivity index (χ3n) is 4.25. The Labute approximate surface area is 118 Å². The van der Waals surface area contributed by atoms with Gasteiger partial charge in [0.2, 0.25) is 6.79 Å². The van der Waals surface area contributed by atoms with Crippen molar-refractivity contribution in [3.63, 3.8) is 0 Å². The zero-order chi connectivity index (χ0) is 14.1. The summed E-state index contributed by atoms with van der Waals surface area (Å²) >= 11 is 0. The van der Waals surface area contributed by atoms with Crippen LogP contribution >= 0.6 is 0 Å². The molecule has 1 amide bonds. The molecule has 1 saturated heterocycles. The molecule has 1 aromatic rings. The van der Waals surface area contributed by atoms with Crippen LogP contribution in [0.5, 0.6) is 11.5 Å². The first-order chi connectivity index (χ1) is 9.72. The molecule has 5 heteroatoms. The maximum Gasteiger partial charge on any atom is 0.258 e. The van der Waals surface area contributed by atoms with Crippen LogP contribution in [0.1, 0.15) is 30.1 Å². The number of fused-ring (bicyclic) bond motifs is 1. The van der Waals surface area contributed by atoms with Crippen LogP contribution in [0.2, 0.25) is 0 Å². The van der Waals surface area contributed by atoms with Crippen LogP contribution in [-0.4, -0.2) is 36.7 Å². The summed E-state index contributed by atoms with van der Waals surface area (Å²) in [6.07, 6.45) is 2.15. The van der Waals surface area contributed by atoms with Crippen molar-refractivity contribution in [3.05, 3.63) is 23.8 Å². The van der Waals surface area contributed by atoms with E-state index in [1.54, 1.807) is 6.07 Å². The lowest BCUT2D eigenvalue weighted by molar-refractivity contribution is 0.0528. The average Bonchev–Trinajstić information content (AvgIpc) is 2.94. The van der Waals surface area contributed by atoms with Gasteiger partial charge in [0.1, 0.15) is 0 Å². The zero-order valence-corrected chi connectivity index (χ0v) is 11.7. The summed E-state index contributed by atoms with van der Waals surface area (Å²) in [6, 6.07) is 5.54. The first-order valence-corrected chi connectivity index (χ1v) is 7.12. The highest BCUT2D eigenvalue weighted by atomic mass is 16.7. The van der Waals surface area contributed by atoms with Gasteiger partial charge in [-0.05, 0) is 30.9 Å². The number of amides is 1. The van der Waals surface area contributed by atoms with Crippen molar-refractivity contribution in [3.8, 4) is 11.5 Å². The Morgan fingerprint density at radius 2 is 2.30 bits per heavy atom. The van der Waals surface area contributed by atoms with E-state index in [-0.39, 0.29) is 18.7 Å². The monoisotopic (exact) mass is 276 g/mol. The van der Waals surface area contributed by atoms with E-state index in [4.69, 9.17) is 15.2 Å². The van der Waals surface area contributed by atoms with Crippen LogP contribution in [-0.2, 0) is 0 Å². The number of ether oxygens (including phenoxy) is 2. The molecule has 2 atom stereocenters. The zero-order valence-electron chi connectivity index (χ0n) is 11.7. The molecule has 5 nitrogen and oxygen atoms in total. The molecule has 0 bridgehead atoms. The maximum atomic E-state index is 12.8. The van der Waals surface area contributed by atoms with E-state index in [9.17, 15) is 4.79 Å². The van der Waals surface area contributed by atoms with E-state index >= 15 is 0 Å². The van der Waals surface area contributed by atoms with Crippen molar-refractivity contribution >= 4 is 5.91 Å². The fraction of sp³-hybridized carbons (Fsp3) is 0.533. The Hall–Kier alpha value is -1.75. The normalized spacial score (nSPS) is 24.8. The first-order valence-electron chi connectivity index (χ1n) is 7.12. The second-order valence-corrected chi connectivity index (χ2v) is 5.46. The Bertz CT molecular complexity index is 518. The summed E-state index contributed by atoms with van der Waals surface area (Å²) in [5, 5.41) is 0. The van der Waals surface area contributed by atoms with Crippen molar-refractivity contribution in [1.29, 1.82) is 0 Å². The Morgan fingerprint density at radius 1 is 1.45 bits per heavy atom. The maximum absolute atomic E-state index is 12.8. The summed E-state index contributed by atoms with van der Waals surface area (Å²) < 4.78 is 10.8. The lowest BCUT2D eigenvalue weighted by Gasteiger charge is -2.39. The Kier molecular flexibility index (Phi) is 3.53. The lowest BCUT2D eigenvalue weighted by Crippen LogP contribution is -2.51. The molecular weight excluding hydrogens is 256 g/mol. The lowest BCUT2D eigenvalue weighted by atomic mass is 9.90. The van der Waals surface area contributed by atoms with Crippen molar-refractivity contribution in [2.75, 3.05) is 19.9 Å². The highest BCUT2D eigenvalue weighted by Crippen LogP contribution is 2.37. The Morgan fingerprint density at radius 3 is 3.10 bits per heavy atom. The second kappa shape index (κ2) is 5.32. The van der Waals surface area contributed by atoms with Crippen LogP contribution in [0.4, 0.5) is 0 Å². The van der Waals surface area contributed by atoms with E-state index in [2.05, 4.69) is 6.92 Å². The van der Waals surface area contributed by atoms with Gasteiger partial charge in [-0.1, -0.05) is 13.0 Å². The summed E-state index contributed by atoms with van der Waals surface area (Å²) in [5.41, 5.74) is 6.44. The van der Waals surface area contributed by atoms with Crippen LogP contribution in [0.15, 0.2) is 18.2 Å². The highest BCUT2D eigenvalue weighted by Gasteiger charge is 2.33. The largest absolute Gasteiger partial charge is 0.454 e. The number of hydrogen-bond donors (Lipinski definition) is 1. The van der Waals surface area contributed by atoms with Gasteiger partial charge >= 0.3 is 0 Å². The molecule has 0 radical (unpaired) electrons. The fourth-order valence-electron chi connectivity index (χ4n) is 3.11. The summed E-state index contributed by atoms with van der Waals surface area (Å²) in [7, 11) is 0. The molecule has 2 unspecified atom stereocenters.